The molecule has 2 aliphatic rings. The second-order valence-electron chi connectivity index (χ2n) is 8.88. The molecule has 3 heterocycles. The lowest BCUT2D eigenvalue weighted by Gasteiger charge is -2.46. The summed E-state index contributed by atoms with van der Waals surface area (Å²) in [5.41, 5.74) is 1.43. The van der Waals surface area contributed by atoms with Crippen molar-refractivity contribution in [2.45, 2.75) is 59.0 Å². The summed E-state index contributed by atoms with van der Waals surface area (Å²) in [7, 11) is 0. The number of nitrogens with zero attached hydrogens (tertiary/aromatic N) is 3. The number of hydrogen-bond acceptors (Lipinski definition) is 3. The van der Waals surface area contributed by atoms with E-state index in [-0.39, 0.29) is 22.3 Å². The molecule has 0 bridgehead atoms. The molecule has 1 amide bonds. The Morgan fingerprint density at radius 3 is 2.23 bits per heavy atom. The van der Waals surface area contributed by atoms with Crippen LogP contribution < -0.4 is 0 Å². The molecule has 2 aliphatic heterocycles. The largest absolute Gasteiger partial charge is 0.380 e. The van der Waals surface area contributed by atoms with Crippen molar-refractivity contribution in [2.75, 3.05) is 19.8 Å². The van der Waals surface area contributed by atoms with Crippen molar-refractivity contribution in [1.29, 1.82) is 0 Å². The summed E-state index contributed by atoms with van der Waals surface area (Å²) in [5.74, 6) is 0.0827. The van der Waals surface area contributed by atoms with Gasteiger partial charge in [-0.1, -0.05) is 20.8 Å². The number of amides is 1. The topological polar surface area (TPSA) is 47.4 Å². The molecule has 5 heteroatoms. The molecule has 0 N–H and O–H groups in total. The van der Waals surface area contributed by atoms with Crippen molar-refractivity contribution in [1.82, 2.24) is 14.7 Å². The maximum atomic E-state index is 13.1. The van der Waals surface area contributed by atoms with Crippen LogP contribution in [-0.4, -0.2) is 45.9 Å². The van der Waals surface area contributed by atoms with Gasteiger partial charge in [-0.25, -0.2) is 0 Å². The number of ether oxygens (including phenoxy) is 1. The van der Waals surface area contributed by atoms with Gasteiger partial charge in [0.25, 0.3) is 5.91 Å². The zero-order chi connectivity index (χ0) is 16.3. The van der Waals surface area contributed by atoms with Gasteiger partial charge in [0.15, 0.2) is 0 Å². The van der Waals surface area contributed by atoms with E-state index in [4.69, 9.17) is 9.84 Å². The molecular weight excluding hydrogens is 278 g/mol. The Labute approximate surface area is 132 Å². The maximum absolute atomic E-state index is 13.1. The van der Waals surface area contributed by atoms with E-state index >= 15 is 0 Å². The average molecular weight is 305 g/mol. The Hall–Kier alpha value is -1.36. The van der Waals surface area contributed by atoms with Gasteiger partial charge in [0.05, 0.1) is 30.9 Å². The summed E-state index contributed by atoms with van der Waals surface area (Å²) >= 11 is 0. The third kappa shape index (κ3) is 2.45. The first-order valence-electron chi connectivity index (χ1n) is 8.00. The number of hydrogen-bond donors (Lipinski definition) is 0. The quantitative estimate of drug-likeness (QED) is 0.740. The molecule has 0 atom stereocenters. The predicted molar refractivity (Wildman–Crippen MR) is 85.0 cm³/mol. The number of carbonyl (C=O) groups excluding carboxylic acids is 1. The van der Waals surface area contributed by atoms with Gasteiger partial charge < -0.3 is 9.64 Å². The lowest BCUT2D eigenvalue weighted by Crippen LogP contribution is -2.56. The number of aromatic nitrogens is 2. The molecule has 0 unspecified atom stereocenters. The third-order valence-electron chi connectivity index (χ3n) is 4.62. The van der Waals surface area contributed by atoms with E-state index in [9.17, 15) is 4.79 Å². The van der Waals surface area contributed by atoms with Crippen LogP contribution in [-0.2, 0) is 16.7 Å². The highest BCUT2D eigenvalue weighted by atomic mass is 16.5. The number of rotatable bonds is 0. The Kier molecular flexibility index (Phi) is 3.23. The first-order valence-corrected chi connectivity index (χ1v) is 8.00. The van der Waals surface area contributed by atoms with Crippen LogP contribution in [0.1, 0.15) is 57.7 Å². The van der Waals surface area contributed by atoms with E-state index in [2.05, 4.69) is 41.5 Å². The Bertz CT molecular complexity index is 600. The molecule has 1 aromatic rings. The molecule has 122 valence electrons. The smallest absolute Gasteiger partial charge is 0.272 e. The first kappa shape index (κ1) is 15.5. The normalized spacial score (nSPS) is 21.5. The van der Waals surface area contributed by atoms with Gasteiger partial charge in [0.1, 0.15) is 5.69 Å². The van der Waals surface area contributed by atoms with Crippen molar-refractivity contribution in [3.05, 3.63) is 17.5 Å². The van der Waals surface area contributed by atoms with Gasteiger partial charge in [0.2, 0.25) is 0 Å². The highest BCUT2D eigenvalue weighted by molar-refractivity contribution is 5.93. The standard InChI is InChI=1S/C17H27N3O2/c1-15(2,3)13-7-12-14(21)19(16(4,5)6)8-17(10-22-11-17)9-20(12)18-13/h7H,8-11H2,1-6H3. The monoisotopic (exact) mass is 305 g/mol. The molecule has 0 aromatic carbocycles. The average Bonchev–Trinajstić information content (AvgIpc) is 2.68. The second kappa shape index (κ2) is 4.57. The zero-order valence-electron chi connectivity index (χ0n) is 14.6. The zero-order valence-corrected chi connectivity index (χ0v) is 14.6. The minimum absolute atomic E-state index is 0.00929. The summed E-state index contributed by atoms with van der Waals surface area (Å²) in [5, 5.41) is 4.74. The molecule has 1 aromatic heterocycles. The highest BCUT2D eigenvalue weighted by Gasteiger charge is 2.47. The van der Waals surface area contributed by atoms with Crippen LogP contribution in [0.3, 0.4) is 0 Å². The molecule has 0 aliphatic carbocycles. The summed E-state index contributed by atoms with van der Waals surface area (Å²) in [6.07, 6.45) is 0. The molecule has 0 saturated carbocycles. The number of carbonyl (C=O) groups is 1. The lowest BCUT2D eigenvalue weighted by atomic mass is 9.84. The van der Waals surface area contributed by atoms with Crippen LogP contribution in [0.2, 0.25) is 0 Å². The minimum Gasteiger partial charge on any atom is -0.380 e. The fourth-order valence-corrected chi connectivity index (χ4v) is 3.10. The molecule has 1 fully saturated rings. The van der Waals surface area contributed by atoms with Crippen molar-refractivity contribution in [2.24, 2.45) is 5.41 Å². The number of fused-ring (bicyclic) bond motifs is 1. The van der Waals surface area contributed by atoms with E-state index in [1.54, 1.807) is 0 Å². The van der Waals surface area contributed by atoms with Crippen LogP contribution in [0.25, 0.3) is 0 Å². The molecule has 5 nitrogen and oxygen atoms in total. The van der Waals surface area contributed by atoms with Crippen LogP contribution in [0.4, 0.5) is 0 Å². The fraction of sp³-hybridized carbons (Fsp3) is 0.765. The van der Waals surface area contributed by atoms with Crippen molar-refractivity contribution in [3.63, 3.8) is 0 Å². The lowest BCUT2D eigenvalue weighted by molar-refractivity contribution is -0.135. The molecule has 3 rings (SSSR count). The van der Waals surface area contributed by atoms with E-state index in [0.29, 0.717) is 18.9 Å². The summed E-state index contributed by atoms with van der Waals surface area (Å²) < 4.78 is 7.39. The van der Waals surface area contributed by atoms with Gasteiger partial charge in [-0.15, -0.1) is 0 Å². The van der Waals surface area contributed by atoms with Crippen LogP contribution >= 0.6 is 0 Å². The second-order valence-corrected chi connectivity index (χ2v) is 8.88. The summed E-state index contributed by atoms with van der Waals surface area (Å²) in [6.45, 7) is 15.6. The van der Waals surface area contributed by atoms with Crippen LogP contribution in [0, 0.1) is 5.41 Å². The van der Waals surface area contributed by atoms with Crippen molar-refractivity contribution in [3.8, 4) is 0 Å². The van der Waals surface area contributed by atoms with Gasteiger partial charge >= 0.3 is 0 Å². The van der Waals surface area contributed by atoms with Gasteiger partial charge in [-0.3, -0.25) is 9.48 Å². The van der Waals surface area contributed by atoms with Crippen LogP contribution in [0.5, 0.6) is 0 Å². The Balaban J connectivity index is 2.08. The molecule has 0 radical (unpaired) electrons. The van der Waals surface area contributed by atoms with Crippen molar-refractivity contribution >= 4 is 5.91 Å². The molecule has 22 heavy (non-hydrogen) atoms. The van der Waals surface area contributed by atoms with E-state index < -0.39 is 0 Å². The molecule has 1 saturated heterocycles. The fourth-order valence-electron chi connectivity index (χ4n) is 3.10. The third-order valence-corrected chi connectivity index (χ3v) is 4.62. The maximum Gasteiger partial charge on any atom is 0.272 e. The Morgan fingerprint density at radius 1 is 1.14 bits per heavy atom. The van der Waals surface area contributed by atoms with Gasteiger partial charge in [-0.05, 0) is 26.8 Å². The SMILES string of the molecule is CC(C)(C)c1cc2n(n1)CC1(COC1)CN(C(C)(C)C)C2=O. The van der Waals surface area contributed by atoms with Crippen molar-refractivity contribution < 1.29 is 9.53 Å². The van der Waals surface area contributed by atoms with Crippen LogP contribution in [0.15, 0.2) is 6.07 Å². The minimum atomic E-state index is -0.207. The van der Waals surface area contributed by atoms with Gasteiger partial charge in [0, 0.05) is 17.5 Å². The summed E-state index contributed by atoms with van der Waals surface area (Å²) in [6, 6.07) is 1.97. The van der Waals surface area contributed by atoms with E-state index in [0.717, 1.165) is 18.8 Å². The Morgan fingerprint density at radius 2 is 1.77 bits per heavy atom. The van der Waals surface area contributed by atoms with Gasteiger partial charge in [-0.2, -0.15) is 5.10 Å². The predicted octanol–water partition coefficient (Wildman–Crippen LogP) is 2.45. The molecular formula is C17H27N3O2. The molecule has 1 spiro atoms. The first-order chi connectivity index (χ1) is 10.0. The summed E-state index contributed by atoms with van der Waals surface area (Å²) in [4.78, 5) is 15.1. The van der Waals surface area contributed by atoms with E-state index in [1.165, 1.54) is 0 Å². The van der Waals surface area contributed by atoms with E-state index in [1.807, 2.05) is 15.6 Å². The highest BCUT2D eigenvalue weighted by Crippen LogP contribution is 2.37.